The molecule has 0 radical (unpaired) electrons. The van der Waals surface area contributed by atoms with Crippen LogP contribution >= 0.6 is 43.2 Å². The van der Waals surface area contributed by atoms with Crippen molar-refractivity contribution in [3.8, 4) is 10.4 Å². The molecule has 0 atom stereocenters. The number of carboxylic acid groups (broad SMARTS) is 1. The average molecular weight is 363 g/mol. The predicted octanol–water partition coefficient (Wildman–Crippen LogP) is 4.03. The summed E-state index contributed by atoms with van der Waals surface area (Å²) in [5.41, 5.74) is 2.48. The third kappa shape index (κ3) is 2.18. The van der Waals surface area contributed by atoms with Crippen LogP contribution in [0, 0.1) is 0 Å². The zero-order valence-electron chi connectivity index (χ0n) is 7.78. The van der Waals surface area contributed by atoms with E-state index >= 15 is 0 Å². The molecular weight excluding hydrogens is 358 g/mol. The van der Waals surface area contributed by atoms with Gasteiger partial charge in [-0.05, 0) is 49.6 Å². The molecule has 0 spiro atoms. The Morgan fingerprint density at radius 3 is 2.69 bits per heavy atom. The SMILES string of the molecule is O=C(O)c1ncsc1-c1ccc(Br)c(Br)c1. The first-order valence-electron chi connectivity index (χ1n) is 4.22. The molecule has 0 amide bonds. The van der Waals surface area contributed by atoms with E-state index in [2.05, 4.69) is 36.8 Å². The van der Waals surface area contributed by atoms with E-state index in [-0.39, 0.29) is 5.69 Å². The largest absolute Gasteiger partial charge is 0.476 e. The van der Waals surface area contributed by atoms with Gasteiger partial charge >= 0.3 is 5.97 Å². The second-order valence-corrected chi connectivity index (χ2v) is 5.53. The molecule has 1 heterocycles. The lowest BCUT2D eigenvalue weighted by atomic mass is 10.1. The molecule has 3 nitrogen and oxygen atoms in total. The Morgan fingerprint density at radius 2 is 2.06 bits per heavy atom. The van der Waals surface area contributed by atoms with Gasteiger partial charge in [0.2, 0.25) is 0 Å². The quantitative estimate of drug-likeness (QED) is 0.877. The number of hydrogen-bond acceptors (Lipinski definition) is 3. The number of nitrogens with zero attached hydrogens (tertiary/aromatic N) is 1. The van der Waals surface area contributed by atoms with Crippen LogP contribution in [0.2, 0.25) is 0 Å². The minimum Gasteiger partial charge on any atom is -0.476 e. The van der Waals surface area contributed by atoms with Crippen LogP contribution in [0.3, 0.4) is 0 Å². The minimum atomic E-state index is -1.00. The third-order valence-corrected chi connectivity index (χ3v) is 4.71. The van der Waals surface area contributed by atoms with Crippen LogP contribution in [0.1, 0.15) is 10.5 Å². The number of aromatic nitrogens is 1. The Labute approximate surface area is 112 Å². The Morgan fingerprint density at radius 1 is 1.31 bits per heavy atom. The molecule has 2 aromatic rings. The van der Waals surface area contributed by atoms with Crippen LogP contribution in [-0.4, -0.2) is 16.1 Å². The molecule has 6 heteroatoms. The van der Waals surface area contributed by atoms with Gasteiger partial charge in [0.1, 0.15) is 0 Å². The van der Waals surface area contributed by atoms with Crippen molar-refractivity contribution >= 4 is 49.2 Å². The summed E-state index contributed by atoms with van der Waals surface area (Å²) in [6.45, 7) is 0. The van der Waals surface area contributed by atoms with Crippen molar-refractivity contribution in [1.29, 1.82) is 0 Å². The number of hydrogen-bond donors (Lipinski definition) is 1. The number of benzene rings is 1. The van der Waals surface area contributed by atoms with Crippen molar-refractivity contribution in [1.82, 2.24) is 4.98 Å². The van der Waals surface area contributed by atoms with E-state index in [0.29, 0.717) is 4.88 Å². The van der Waals surface area contributed by atoms with Crippen LogP contribution in [0.5, 0.6) is 0 Å². The van der Waals surface area contributed by atoms with Crippen molar-refractivity contribution in [3.63, 3.8) is 0 Å². The fourth-order valence-corrected chi connectivity index (χ4v) is 2.64. The van der Waals surface area contributed by atoms with Crippen molar-refractivity contribution in [2.24, 2.45) is 0 Å². The van der Waals surface area contributed by atoms with Gasteiger partial charge in [-0.1, -0.05) is 6.07 Å². The monoisotopic (exact) mass is 361 g/mol. The van der Waals surface area contributed by atoms with E-state index < -0.39 is 5.97 Å². The van der Waals surface area contributed by atoms with Gasteiger partial charge in [0, 0.05) is 8.95 Å². The second kappa shape index (κ2) is 4.65. The summed E-state index contributed by atoms with van der Waals surface area (Å²) in [7, 11) is 0. The van der Waals surface area contributed by atoms with Crippen LogP contribution in [0.25, 0.3) is 10.4 Å². The van der Waals surface area contributed by atoms with Crippen molar-refractivity contribution in [3.05, 3.63) is 38.3 Å². The summed E-state index contributed by atoms with van der Waals surface area (Å²) >= 11 is 8.07. The van der Waals surface area contributed by atoms with Crippen molar-refractivity contribution in [2.75, 3.05) is 0 Å². The molecule has 16 heavy (non-hydrogen) atoms. The summed E-state index contributed by atoms with van der Waals surface area (Å²) < 4.78 is 1.81. The summed E-state index contributed by atoms with van der Waals surface area (Å²) in [5.74, 6) is -1.00. The minimum absolute atomic E-state index is 0.0965. The van der Waals surface area contributed by atoms with Crippen LogP contribution < -0.4 is 0 Å². The highest BCUT2D eigenvalue weighted by atomic mass is 79.9. The normalized spacial score (nSPS) is 10.4. The molecule has 0 saturated heterocycles. The van der Waals surface area contributed by atoms with Gasteiger partial charge in [-0.15, -0.1) is 11.3 Å². The molecule has 0 aliphatic carbocycles. The predicted molar refractivity (Wildman–Crippen MR) is 69.9 cm³/mol. The number of rotatable bonds is 2. The van der Waals surface area contributed by atoms with Crippen molar-refractivity contribution in [2.45, 2.75) is 0 Å². The Bertz CT molecular complexity index is 554. The lowest BCUT2D eigenvalue weighted by Crippen LogP contribution is -1.98. The van der Waals surface area contributed by atoms with Crippen LogP contribution in [0.15, 0.2) is 32.7 Å². The first-order valence-corrected chi connectivity index (χ1v) is 6.68. The highest BCUT2D eigenvalue weighted by Crippen LogP contribution is 2.32. The van der Waals surface area contributed by atoms with E-state index in [1.165, 1.54) is 16.8 Å². The molecule has 0 unspecified atom stereocenters. The number of carbonyl (C=O) groups is 1. The number of halogens is 2. The third-order valence-electron chi connectivity index (χ3n) is 1.95. The van der Waals surface area contributed by atoms with Gasteiger partial charge in [0.05, 0.1) is 10.4 Å². The van der Waals surface area contributed by atoms with Crippen LogP contribution in [0.4, 0.5) is 0 Å². The Kier molecular flexibility index (Phi) is 3.41. The fourth-order valence-electron chi connectivity index (χ4n) is 1.24. The van der Waals surface area contributed by atoms with Gasteiger partial charge in [-0.25, -0.2) is 9.78 Å². The first-order chi connectivity index (χ1) is 7.59. The van der Waals surface area contributed by atoms with Gasteiger partial charge in [-0.2, -0.15) is 0 Å². The molecule has 82 valence electrons. The molecule has 1 N–H and O–H groups in total. The zero-order valence-corrected chi connectivity index (χ0v) is 11.8. The second-order valence-electron chi connectivity index (χ2n) is 2.96. The fraction of sp³-hybridized carbons (Fsp3) is 0. The Hall–Kier alpha value is -0.720. The Balaban J connectivity index is 2.54. The molecule has 0 aliphatic heterocycles. The molecule has 1 aromatic carbocycles. The van der Waals surface area contributed by atoms with E-state index in [1.54, 1.807) is 0 Å². The van der Waals surface area contributed by atoms with E-state index in [9.17, 15) is 4.79 Å². The van der Waals surface area contributed by atoms with E-state index in [0.717, 1.165) is 14.5 Å². The molecule has 0 aliphatic rings. The van der Waals surface area contributed by atoms with E-state index in [4.69, 9.17) is 5.11 Å². The molecule has 0 fully saturated rings. The number of carboxylic acids is 1. The molecular formula is C10H5Br2NO2S. The van der Waals surface area contributed by atoms with Crippen LogP contribution in [-0.2, 0) is 0 Å². The number of aromatic carboxylic acids is 1. The standard InChI is InChI=1S/C10H5Br2NO2S/c11-6-2-1-5(3-7(6)12)9-8(10(14)15)13-4-16-9/h1-4H,(H,14,15). The molecule has 0 bridgehead atoms. The van der Waals surface area contributed by atoms with E-state index in [1.807, 2.05) is 18.2 Å². The zero-order chi connectivity index (χ0) is 11.7. The lowest BCUT2D eigenvalue weighted by Gasteiger charge is -2.01. The summed E-state index contributed by atoms with van der Waals surface area (Å²) in [5, 5.41) is 8.96. The van der Waals surface area contributed by atoms with Gasteiger partial charge in [0.25, 0.3) is 0 Å². The summed E-state index contributed by atoms with van der Waals surface area (Å²) in [6, 6.07) is 5.59. The maximum Gasteiger partial charge on any atom is 0.356 e. The molecule has 1 aromatic heterocycles. The summed E-state index contributed by atoms with van der Waals surface area (Å²) in [6.07, 6.45) is 0. The lowest BCUT2D eigenvalue weighted by molar-refractivity contribution is 0.0692. The summed E-state index contributed by atoms with van der Waals surface area (Å²) in [4.78, 5) is 15.4. The maximum atomic E-state index is 10.9. The molecule has 2 rings (SSSR count). The first kappa shape index (κ1) is 11.8. The highest BCUT2D eigenvalue weighted by molar-refractivity contribution is 9.13. The topological polar surface area (TPSA) is 50.2 Å². The smallest absolute Gasteiger partial charge is 0.356 e. The van der Waals surface area contributed by atoms with Gasteiger partial charge in [0.15, 0.2) is 5.69 Å². The number of thiazole rings is 1. The molecule has 0 saturated carbocycles. The van der Waals surface area contributed by atoms with Crippen molar-refractivity contribution < 1.29 is 9.90 Å². The highest BCUT2D eigenvalue weighted by Gasteiger charge is 2.15. The van der Waals surface area contributed by atoms with Gasteiger partial charge < -0.3 is 5.11 Å². The van der Waals surface area contributed by atoms with Gasteiger partial charge in [-0.3, -0.25) is 0 Å². The maximum absolute atomic E-state index is 10.9. The average Bonchev–Trinajstić information content (AvgIpc) is 2.71.